The van der Waals surface area contributed by atoms with Gasteiger partial charge < -0.3 is 15.4 Å². The SMILES string of the molecule is CC(C)OCCS(=O)(=O)NCC(=O)N1C[C@@H](N)[C@H](c2ccccc2)C1.Cl. The first-order chi connectivity index (χ1) is 11.8. The zero-order valence-corrected chi connectivity index (χ0v) is 16.8. The van der Waals surface area contributed by atoms with Crippen molar-refractivity contribution in [3.8, 4) is 0 Å². The molecule has 1 saturated heterocycles. The maximum Gasteiger partial charge on any atom is 0.237 e. The minimum atomic E-state index is -3.53. The van der Waals surface area contributed by atoms with Gasteiger partial charge in [-0.1, -0.05) is 30.3 Å². The number of sulfonamides is 1. The molecule has 2 rings (SSSR count). The molecule has 0 unspecified atom stereocenters. The molecule has 1 fully saturated rings. The van der Waals surface area contributed by atoms with E-state index in [9.17, 15) is 13.2 Å². The van der Waals surface area contributed by atoms with Gasteiger partial charge in [0.1, 0.15) is 0 Å². The Morgan fingerprint density at radius 1 is 1.31 bits per heavy atom. The summed E-state index contributed by atoms with van der Waals surface area (Å²) in [7, 11) is -3.53. The molecule has 0 aliphatic carbocycles. The summed E-state index contributed by atoms with van der Waals surface area (Å²) in [6.07, 6.45) is -0.0298. The molecule has 0 aromatic heterocycles. The zero-order valence-electron chi connectivity index (χ0n) is 15.1. The van der Waals surface area contributed by atoms with Crippen LogP contribution in [-0.2, 0) is 19.6 Å². The average molecular weight is 406 g/mol. The van der Waals surface area contributed by atoms with Gasteiger partial charge in [-0.05, 0) is 19.4 Å². The number of nitrogens with zero attached hydrogens (tertiary/aromatic N) is 1. The lowest BCUT2D eigenvalue weighted by molar-refractivity contribution is -0.128. The number of ether oxygens (including phenoxy) is 1. The number of nitrogens with two attached hydrogens (primary N) is 1. The number of carbonyl (C=O) groups is 1. The highest BCUT2D eigenvalue weighted by Crippen LogP contribution is 2.26. The van der Waals surface area contributed by atoms with E-state index in [-0.39, 0.29) is 55.3 Å². The maximum atomic E-state index is 12.3. The summed E-state index contributed by atoms with van der Waals surface area (Å²) in [5, 5.41) is 0. The lowest BCUT2D eigenvalue weighted by Gasteiger charge is -2.17. The molecule has 0 bridgehead atoms. The number of amides is 1. The molecule has 3 N–H and O–H groups in total. The maximum absolute atomic E-state index is 12.3. The van der Waals surface area contributed by atoms with Gasteiger partial charge in [0.2, 0.25) is 15.9 Å². The largest absolute Gasteiger partial charge is 0.378 e. The van der Waals surface area contributed by atoms with Gasteiger partial charge in [-0.3, -0.25) is 4.79 Å². The van der Waals surface area contributed by atoms with Crippen LogP contribution in [0, 0.1) is 0 Å². The van der Waals surface area contributed by atoms with Crippen molar-refractivity contribution in [2.24, 2.45) is 5.73 Å². The molecule has 1 aromatic carbocycles. The summed E-state index contributed by atoms with van der Waals surface area (Å²) < 4.78 is 31.4. The van der Waals surface area contributed by atoms with Gasteiger partial charge in [-0.15, -0.1) is 12.4 Å². The van der Waals surface area contributed by atoms with Crippen LogP contribution in [0.3, 0.4) is 0 Å². The lowest BCUT2D eigenvalue weighted by Crippen LogP contribution is -2.41. The third-order valence-electron chi connectivity index (χ3n) is 4.19. The van der Waals surface area contributed by atoms with E-state index in [1.807, 2.05) is 44.2 Å². The highest BCUT2D eigenvalue weighted by Gasteiger charge is 2.33. The molecule has 1 aromatic rings. The fraction of sp³-hybridized carbons (Fsp3) is 0.588. The number of carbonyl (C=O) groups excluding carboxylic acids is 1. The molecule has 0 saturated carbocycles. The highest BCUT2D eigenvalue weighted by molar-refractivity contribution is 7.89. The monoisotopic (exact) mass is 405 g/mol. The zero-order chi connectivity index (χ0) is 18.4. The molecule has 0 radical (unpaired) electrons. The predicted molar refractivity (Wildman–Crippen MR) is 104 cm³/mol. The Bertz CT molecular complexity index is 670. The van der Waals surface area contributed by atoms with Gasteiger partial charge in [0, 0.05) is 25.0 Å². The van der Waals surface area contributed by atoms with Gasteiger partial charge in [0.25, 0.3) is 0 Å². The predicted octanol–water partition coefficient (Wildman–Crippen LogP) is 0.706. The molecular formula is C17H28ClN3O4S. The molecule has 1 aliphatic heterocycles. The van der Waals surface area contributed by atoms with E-state index in [4.69, 9.17) is 10.5 Å². The molecule has 1 heterocycles. The van der Waals surface area contributed by atoms with Crippen LogP contribution in [0.15, 0.2) is 30.3 Å². The number of hydrogen-bond donors (Lipinski definition) is 2. The molecule has 1 amide bonds. The topological polar surface area (TPSA) is 102 Å². The Kier molecular flexibility index (Phi) is 8.99. The second kappa shape index (κ2) is 10.2. The first-order valence-electron chi connectivity index (χ1n) is 8.46. The third kappa shape index (κ3) is 6.85. The Morgan fingerprint density at radius 3 is 2.58 bits per heavy atom. The first kappa shape index (κ1) is 22.9. The summed E-state index contributed by atoms with van der Waals surface area (Å²) in [6, 6.07) is 9.67. The summed E-state index contributed by atoms with van der Waals surface area (Å²) in [5.74, 6) is -0.353. The first-order valence-corrected chi connectivity index (χ1v) is 10.1. The molecule has 2 atom stereocenters. The van der Waals surface area contributed by atoms with E-state index in [1.165, 1.54) is 0 Å². The van der Waals surface area contributed by atoms with Gasteiger partial charge in [0.15, 0.2) is 0 Å². The molecule has 9 heteroatoms. The van der Waals surface area contributed by atoms with Crippen LogP contribution >= 0.6 is 12.4 Å². The molecule has 148 valence electrons. The number of likely N-dealkylation sites (tertiary alicyclic amines) is 1. The van der Waals surface area contributed by atoms with E-state index in [1.54, 1.807) is 4.90 Å². The Balaban J connectivity index is 0.00000338. The fourth-order valence-electron chi connectivity index (χ4n) is 2.83. The summed E-state index contributed by atoms with van der Waals surface area (Å²) >= 11 is 0. The summed E-state index contributed by atoms with van der Waals surface area (Å²) in [5.41, 5.74) is 7.26. The van der Waals surface area contributed by atoms with E-state index < -0.39 is 10.0 Å². The minimum absolute atomic E-state index is 0. The van der Waals surface area contributed by atoms with Crippen LogP contribution in [0.2, 0.25) is 0 Å². The van der Waals surface area contributed by atoms with E-state index in [0.717, 1.165) is 5.56 Å². The molecule has 1 aliphatic rings. The van der Waals surface area contributed by atoms with Crippen molar-refractivity contribution in [2.75, 3.05) is 32.0 Å². The van der Waals surface area contributed by atoms with Crippen LogP contribution < -0.4 is 10.5 Å². The van der Waals surface area contributed by atoms with Gasteiger partial charge in [-0.25, -0.2) is 13.1 Å². The fourth-order valence-corrected chi connectivity index (χ4v) is 3.64. The molecular weight excluding hydrogens is 378 g/mol. The molecule has 7 nitrogen and oxygen atoms in total. The molecule has 0 spiro atoms. The Hall–Kier alpha value is -1.19. The van der Waals surface area contributed by atoms with Crippen molar-refractivity contribution in [2.45, 2.75) is 31.9 Å². The van der Waals surface area contributed by atoms with Crippen molar-refractivity contribution < 1.29 is 17.9 Å². The summed E-state index contributed by atoms with van der Waals surface area (Å²) in [6.45, 7) is 4.45. The standard InChI is InChI=1S/C17H27N3O4S.ClH/c1-13(2)24-8-9-25(22,23)19-10-17(21)20-11-15(16(18)12-20)14-6-4-3-5-7-14;/h3-7,13,15-16,19H,8-12,18H2,1-2H3;1H/t15-,16+;/m0./s1. The van der Waals surface area contributed by atoms with Gasteiger partial charge >= 0.3 is 0 Å². The van der Waals surface area contributed by atoms with Crippen molar-refractivity contribution >= 4 is 28.3 Å². The van der Waals surface area contributed by atoms with E-state index in [2.05, 4.69) is 4.72 Å². The second-order valence-electron chi connectivity index (χ2n) is 6.54. The van der Waals surface area contributed by atoms with Crippen LogP contribution in [0.4, 0.5) is 0 Å². The lowest BCUT2D eigenvalue weighted by atomic mass is 9.95. The van der Waals surface area contributed by atoms with Crippen LogP contribution in [0.5, 0.6) is 0 Å². The average Bonchev–Trinajstić information content (AvgIpc) is 2.95. The highest BCUT2D eigenvalue weighted by atomic mass is 35.5. The quantitative estimate of drug-likeness (QED) is 0.663. The Morgan fingerprint density at radius 2 is 1.96 bits per heavy atom. The van der Waals surface area contributed by atoms with E-state index >= 15 is 0 Å². The van der Waals surface area contributed by atoms with Crippen molar-refractivity contribution in [3.05, 3.63) is 35.9 Å². The third-order valence-corrected chi connectivity index (χ3v) is 5.48. The molecule has 26 heavy (non-hydrogen) atoms. The van der Waals surface area contributed by atoms with Crippen LogP contribution in [-0.4, -0.2) is 63.4 Å². The number of nitrogens with one attached hydrogen (secondary N) is 1. The van der Waals surface area contributed by atoms with Crippen molar-refractivity contribution in [1.29, 1.82) is 0 Å². The smallest absolute Gasteiger partial charge is 0.237 e. The minimum Gasteiger partial charge on any atom is -0.378 e. The van der Waals surface area contributed by atoms with Gasteiger partial charge in [0.05, 0.1) is 25.0 Å². The Labute approximate surface area is 161 Å². The number of hydrogen-bond acceptors (Lipinski definition) is 5. The van der Waals surface area contributed by atoms with Crippen molar-refractivity contribution in [1.82, 2.24) is 9.62 Å². The number of rotatable bonds is 8. The second-order valence-corrected chi connectivity index (χ2v) is 8.47. The van der Waals surface area contributed by atoms with Gasteiger partial charge in [-0.2, -0.15) is 0 Å². The van der Waals surface area contributed by atoms with Crippen LogP contribution in [0.25, 0.3) is 0 Å². The van der Waals surface area contributed by atoms with E-state index in [0.29, 0.717) is 13.1 Å². The number of halogens is 1. The van der Waals surface area contributed by atoms with Crippen LogP contribution in [0.1, 0.15) is 25.3 Å². The number of benzene rings is 1. The normalized spacial score (nSPS) is 20.2. The van der Waals surface area contributed by atoms with Crippen molar-refractivity contribution in [3.63, 3.8) is 0 Å². The summed E-state index contributed by atoms with van der Waals surface area (Å²) in [4.78, 5) is 13.9.